The minimum absolute atomic E-state index is 0.0766. The van der Waals surface area contributed by atoms with Crippen molar-refractivity contribution in [2.45, 2.75) is 45.6 Å². The van der Waals surface area contributed by atoms with Crippen LogP contribution in [-0.4, -0.2) is 5.11 Å². The fourth-order valence-corrected chi connectivity index (χ4v) is 1.54. The maximum atomic E-state index is 9.72. The topological polar surface area (TPSA) is 46.2 Å². The van der Waals surface area contributed by atoms with Gasteiger partial charge >= 0.3 is 0 Å². The number of rotatable bonds is 2. The van der Waals surface area contributed by atoms with Gasteiger partial charge in [-0.15, -0.1) is 0 Å². The second kappa shape index (κ2) is 4.23. The smallest absolute Gasteiger partial charge is 0.120 e. The lowest BCUT2D eigenvalue weighted by Crippen LogP contribution is -2.14. The van der Waals surface area contributed by atoms with E-state index in [1.807, 2.05) is 19.1 Å². The van der Waals surface area contributed by atoms with E-state index in [2.05, 4.69) is 20.8 Å². The number of aromatic hydroxyl groups is 1. The van der Waals surface area contributed by atoms with Crippen LogP contribution in [-0.2, 0) is 5.41 Å². The summed E-state index contributed by atoms with van der Waals surface area (Å²) in [7, 11) is 0. The van der Waals surface area contributed by atoms with Gasteiger partial charge in [-0.05, 0) is 23.5 Å². The van der Waals surface area contributed by atoms with Gasteiger partial charge in [0, 0.05) is 11.6 Å². The molecule has 1 unspecified atom stereocenters. The summed E-state index contributed by atoms with van der Waals surface area (Å²) >= 11 is 0. The van der Waals surface area contributed by atoms with Gasteiger partial charge in [-0.3, -0.25) is 0 Å². The number of hydrogen-bond acceptors (Lipinski definition) is 2. The molecule has 84 valence electrons. The van der Waals surface area contributed by atoms with E-state index in [0.717, 1.165) is 12.0 Å². The monoisotopic (exact) mass is 207 g/mol. The van der Waals surface area contributed by atoms with Crippen molar-refractivity contribution < 1.29 is 5.11 Å². The first-order valence-corrected chi connectivity index (χ1v) is 5.45. The second-order valence-electron chi connectivity index (χ2n) is 5.04. The van der Waals surface area contributed by atoms with Gasteiger partial charge in [0.1, 0.15) is 5.75 Å². The summed E-state index contributed by atoms with van der Waals surface area (Å²) in [5.74, 6) is 0.303. The molecule has 0 fully saturated rings. The highest BCUT2D eigenvalue weighted by molar-refractivity contribution is 5.40. The van der Waals surface area contributed by atoms with E-state index in [4.69, 9.17) is 5.73 Å². The van der Waals surface area contributed by atoms with E-state index in [1.54, 1.807) is 6.07 Å². The summed E-state index contributed by atoms with van der Waals surface area (Å²) in [4.78, 5) is 0. The average Bonchev–Trinajstić information content (AvgIpc) is 2.15. The molecule has 0 amide bonds. The summed E-state index contributed by atoms with van der Waals surface area (Å²) in [6.07, 6.45) is 0.834. The highest BCUT2D eigenvalue weighted by Gasteiger charge is 2.17. The van der Waals surface area contributed by atoms with Crippen molar-refractivity contribution in [3.8, 4) is 5.75 Å². The third kappa shape index (κ3) is 2.72. The van der Waals surface area contributed by atoms with Crippen LogP contribution in [0.15, 0.2) is 18.2 Å². The molecule has 0 heterocycles. The van der Waals surface area contributed by atoms with Gasteiger partial charge in [0.25, 0.3) is 0 Å². The molecular weight excluding hydrogens is 186 g/mol. The van der Waals surface area contributed by atoms with Gasteiger partial charge in [0.05, 0.1) is 0 Å². The Labute approximate surface area is 92.1 Å². The molecule has 2 heteroatoms. The molecule has 1 aromatic carbocycles. The Kier molecular flexibility index (Phi) is 3.40. The lowest BCUT2D eigenvalue weighted by Gasteiger charge is -2.21. The van der Waals surface area contributed by atoms with Crippen LogP contribution in [0.5, 0.6) is 5.75 Å². The highest BCUT2D eigenvalue weighted by Crippen LogP contribution is 2.30. The molecule has 0 radical (unpaired) electrons. The number of phenolic OH excluding ortho intramolecular Hbond substituents is 1. The third-order valence-corrected chi connectivity index (χ3v) is 2.73. The minimum atomic E-state index is -0.0766. The third-order valence-electron chi connectivity index (χ3n) is 2.73. The molecule has 0 aliphatic rings. The summed E-state index contributed by atoms with van der Waals surface area (Å²) < 4.78 is 0. The second-order valence-corrected chi connectivity index (χ2v) is 5.04. The lowest BCUT2D eigenvalue weighted by molar-refractivity contribution is 0.458. The molecule has 3 N–H and O–H groups in total. The molecule has 0 aliphatic carbocycles. The highest BCUT2D eigenvalue weighted by atomic mass is 16.3. The standard InChI is InChI=1S/C13H21NO/c1-5-11(14)10-8-9(13(2,3)4)6-7-12(10)15/h6-8,11,15H,5,14H2,1-4H3. The first-order valence-electron chi connectivity index (χ1n) is 5.45. The van der Waals surface area contributed by atoms with Crippen LogP contribution in [0.4, 0.5) is 0 Å². The number of hydrogen-bond donors (Lipinski definition) is 2. The van der Waals surface area contributed by atoms with Crippen LogP contribution in [0.2, 0.25) is 0 Å². The van der Waals surface area contributed by atoms with Crippen LogP contribution < -0.4 is 5.73 Å². The van der Waals surface area contributed by atoms with Gasteiger partial charge in [-0.25, -0.2) is 0 Å². The van der Waals surface area contributed by atoms with Gasteiger partial charge in [0.15, 0.2) is 0 Å². The van der Waals surface area contributed by atoms with Crippen molar-refractivity contribution in [2.24, 2.45) is 5.73 Å². The Morgan fingerprint density at radius 1 is 1.33 bits per heavy atom. The van der Waals surface area contributed by atoms with Gasteiger partial charge in [0.2, 0.25) is 0 Å². The normalized spacial score (nSPS) is 13.9. The zero-order chi connectivity index (χ0) is 11.6. The minimum Gasteiger partial charge on any atom is -0.508 e. The Balaban J connectivity index is 3.17. The predicted octanol–water partition coefficient (Wildman–Crippen LogP) is 3.10. The average molecular weight is 207 g/mol. The zero-order valence-electron chi connectivity index (χ0n) is 10.0. The summed E-state index contributed by atoms with van der Waals surface area (Å²) in [5.41, 5.74) is 8.10. The summed E-state index contributed by atoms with van der Waals surface area (Å²) in [6, 6.07) is 5.64. The van der Waals surface area contributed by atoms with Crippen molar-refractivity contribution in [3.05, 3.63) is 29.3 Å². The molecule has 1 rings (SSSR count). The summed E-state index contributed by atoms with van der Waals surface area (Å²) in [5, 5.41) is 9.72. The van der Waals surface area contributed by atoms with Crippen LogP contribution >= 0.6 is 0 Å². The Bertz CT molecular complexity index is 339. The van der Waals surface area contributed by atoms with Crippen molar-refractivity contribution >= 4 is 0 Å². The molecule has 0 aromatic heterocycles. The van der Waals surface area contributed by atoms with Crippen molar-refractivity contribution in [3.63, 3.8) is 0 Å². The fourth-order valence-electron chi connectivity index (χ4n) is 1.54. The molecule has 1 atom stereocenters. The van der Waals surface area contributed by atoms with Crippen molar-refractivity contribution in [1.29, 1.82) is 0 Å². The van der Waals surface area contributed by atoms with E-state index < -0.39 is 0 Å². The SMILES string of the molecule is CCC(N)c1cc(C(C)(C)C)ccc1O. The van der Waals surface area contributed by atoms with E-state index in [-0.39, 0.29) is 11.5 Å². The number of phenols is 1. The molecule has 0 aliphatic heterocycles. The maximum Gasteiger partial charge on any atom is 0.120 e. The van der Waals surface area contributed by atoms with Crippen molar-refractivity contribution in [2.75, 3.05) is 0 Å². The van der Waals surface area contributed by atoms with E-state index in [1.165, 1.54) is 5.56 Å². The first kappa shape index (κ1) is 12.1. The molecular formula is C13H21NO. The number of benzene rings is 1. The van der Waals surface area contributed by atoms with E-state index in [9.17, 15) is 5.11 Å². The molecule has 2 nitrogen and oxygen atoms in total. The molecule has 0 bridgehead atoms. The van der Waals surface area contributed by atoms with E-state index in [0.29, 0.717) is 5.75 Å². The molecule has 0 spiro atoms. The Morgan fingerprint density at radius 3 is 2.40 bits per heavy atom. The zero-order valence-corrected chi connectivity index (χ0v) is 10.0. The predicted molar refractivity (Wildman–Crippen MR) is 64.0 cm³/mol. The molecule has 15 heavy (non-hydrogen) atoms. The van der Waals surface area contributed by atoms with E-state index >= 15 is 0 Å². The van der Waals surface area contributed by atoms with Gasteiger partial charge in [-0.2, -0.15) is 0 Å². The van der Waals surface area contributed by atoms with Crippen LogP contribution in [0.3, 0.4) is 0 Å². The molecule has 0 saturated heterocycles. The van der Waals surface area contributed by atoms with Gasteiger partial charge in [-0.1, -0.05) is 39.8 Å². The largest absolute Gasteiger partial charge is 0.508 e. The fraction of sp³-hybridized carbons (Fsp3) is 0.538. The first-order chi connectivity index (χ1) is 6.86. The molecule has 1 aromatic rings. The van der Waals surface area contributed by atoms with Crippen LogP contribution in [0, 0.1) is 0 Å². The van der Waals surface area contributed by atoms with Crippen LogP contribution in [0.1, 0.15) is 51.3 Å². The summed E-state index contributed by atoms with van der Waals surface area (Å²) in [6.45, 7) is 8.48. The number of nitrogens with two attached hydrogens (primary N) is 1. The lowest BCUT2D eigenvalue weighted by atomic mass is 9.85. The maximum absolute atomic E-state index is 9.72. The molecule has 0 saturated carbocycles. The quantitative estimate of drug-likeness (QED) is 0.782. The Hall–Kier alpha value is -1.02. The Morgan fingerprint density at radius 2 is 1.93 bits per heavy atom. The van der Waals surface area contributed by atoms with Gasteiger partial charge < -0.3 is 10.8 Å². The van der Waals surface area contributed by atoms with Crippen molar-refractivity contribution in [1.82, 2.24) is 0 Å². The van der Waals surface area contributed by atoms with Crippen LogP contribution in [0.25, 0.3) is 0 Å².